The molecule has 0 aliphatic heterocycles. The highest BCUT2D eigenvalue weighted by atomic mass is 19.1. The Morgan fingerprint density at radius 3 is 2.50 bits per heavy atom. The Balaban J connectivity index is 1.60. The molecular weight excluding hydrogens is 359 g/mol. The van der Waals surface area contributed by atoms with Gasteiger partial charge in [0.1, 0.15) is 17.7 Å². The lowest BCUT2D eigenvalue weighted by molar-refractivity contribution is -0.117. The van der Waals surface area contributed by atoms with Gasteiger partial charge in [-0.3, -0.25) is 19.6 Å². The summed E-state index contributed by atoms with van der Waals surface area (Å²) in [7, 11) is 0. The molecule has 2 atom stereocenters. The van der Waals surface area contributed by atoms with Crippen LogP contribution >= 0.6 is 0 Å². The van der Waals surface area contributed by atoms with Crippen molar-refractivity contribution >= 4 is 28.3 Å². The standard InChI is InChI=1S/C21H19FN4O2/c1-3-19(27)18-4-11(2)15(10-24-18)17-5-12-9-25-20(6-13(12)8-23-17)26-21(28)14-7-16(14)22/h4-6,8-10,14,16H,3,7H2,1-2H3,(H,25,26,28)/t14-,16+/m0/s1. The van der Waals surface area contributed by atoms with Gasteiger partial charge in [0.25, 0.3) is 0 Å². The van der Waals surface area contributed by atoms with Gasteiger partial charge in [-0.05, 0) is 37.1 Å². The Bertz CT molecular complexity index is 1100. The normalized spacial score (nSPS) is 18.1. The zero-order valence-electron chi connectivity index (χ0n) is 15.6. The largest absolute Gasteiger partial charge is 0.310 e. The Morgan fingerprint density at radius 2 is 1.82 bits per heavy atom. The maximum absolute atomic E-state index is 13.0. The van der Waals surface area contributed by atoms with Crippen LogP contribution in [-0.4, -0.2) is 32.8 Å². The second kappa shape index (κ2) is 7.07. The summed E-state index contributed by atoms with van der Waals surface area (Å²) < 4.78 is 13.0. The number of carbonyl (C=O) groups excluding carboxylic acids is 2. The number of alkyl halides is 1. The lowest BCUT2D eigenvalue weighted by Gasteiger charge is -2.09. The molecule has 142 valence electrons. The fraction of sp³-hybridized carbons (Fsp3) is 0.286. The van der Waals surface area contributed by atoms with E-state index in [1.165, 1.54) is 0 Å². The summed E-state index contributed by atoms with van der Waals surface area (Å²) >= 11 is 0. The van der Waals surface area contributed by atoms with Gasteiger partial charge in [0.05, 0.1) is 11.6 Å². The SMILES string of the molecule is CCC(=O)c1cc(C)c(-c2cc3cnc(NC(=O)[C@H]4C[C@H]4F)cc3cn2)cn1. The summed E-state index contributed by atoms with van der Waals surface area (Å²) in [5.41, 5.74) is 2.94. The molecule has 0 saturated heterocycles. The molecule has 1 N–H and O–H groups in total. The van der Waals surface area contributed by atoms with Gasteiger partial charge in [-0.15, -0.1) is 0 Å². The molecule has 1 aliphatic carbocycles. The molecule has 6 nitrogen and oxygen atoms in total. The van der Waals surface area contributed by atoms with E-state index >= 15 is 0 Å². The van der Waals surface area contributed by atoms with Crippen molar-refractivity contribution in [2.45, 2.75) is 32.9 Å². The fourth-order valence-corrected chi connectivity index (χ4v) is 3.07. The summed E-state index contributed by atoms with van der Waals surface area (Å²) in [6, 6.07) is 5.38. The van der Waals surface area contributed by atoms with Crippen molar-refractivity contribution in [3.05, 3.63) is 48.0 Å². The average molecular weight is 378 g/mol. The van der Waals surface area contributed by atoms with Crippen molar-refractivity contribution in [2.75, 3.05) is 5.32 Å². The summed E-state index contributed by atoms with van der Waals surface area (Å²) in [5.74, 6) is -0.514. The van der Waals surface area contributed by atoms with E-state index < -0.39 is 12.1 Å². The second-order valence-electron chi connectivity index (χ2n) is 6.99. The Morgan fingerprint density at radius 1 is 1.11 bits per heavy atom. The molecule has 1 amide bonds. The monoisotopic (exact) mass is 378 g/mol. The minimum atomic E-state index is -1.04. The third kappa shape index (κ3) is 3.47. The van der Waals surface area contributed by atoms with Gasteiger partial charge < -0.3 is 5.32 Å². The zero-order valence-corrected chi connectivity index (χ0v) is 15.6. The van der Waals surface area contributed by atoms with E-state index in [9.17, 15) is 14.0 Å². The molecule has 0 bridgehead atoms. The molecule has 4 rings (SSSR count). The van der Waals surface area contributed by atoms with Crippen molar-refractivity contribution in [2.24, 2.45) is 5.92 Å². The molecule has 0 radical (unpaired) electrons. The number of fused-ring (bicyclic) bond motifs is 1. The van der Waals surface area contributed by atoms with Crippen LogP contribution < -0.4 is 5.32 Å². The smallest absolute Gasteiger partial charge is 0.231 e. The third-order valence-electron chi connectivity index (χ3n) is 4.90. The molecule has 0 aromatic carbocycles. The molecule has 1 fully saturated rings. The van der Waals surface area contributed by atoms with E-state index in [1.54, 1.807) is 30.7 Å². The quantitative estimate of drug-likeness (QED) is 0.681. The number of aryl methyl sites for hydroxylation is 1. The fourth-order valence-electron chi connectivity index (χ4n) is 3.07. The molecule has 3 heterocycles. The van der Waals surface area contributed by atoms with E-state index in [0.717, 1.165) is 27.6 Å². The number of hydrogen-bond acceptors (Lipinski definition) is 5. The summed E-state index contributed by atoms with van der Waals surface area (Å²) in [6.07, 6.45) is 4.66. The van der Waals surface area contributed by atoms with Crippen LogP contribution in [0.25, 0.3) is 22.0 Å². The number of aromatic nitrogens is 3. The molecule has 28 heavy (non-hydrogen) atoms. The van der Waals surface area contributed by atoms with Gasteiger partial charge >= 0.3 is 0 Å². The molecule has 0 spiro atoms. The van der Waals surface area contributed by atoms with Crippen LogP contribution in [0.4, 0.5) is 10.2 Å². The van der Waals surface area contributed by atoms with Crippen molar-refractivity contribution in [1.82, 2.24) is 15.0 Å². The molecular formula is C21H19FN4O2. The molecule has 7 heteroatoms. The van der Waals surface area contributed by atoms with Crippen LogP contribution in [0.15, 0.2) is 36.8 Å². The minimum Gasteiger partial charge on any atom is -0.310 e. The predicted octanol–water partition coefficient (Wildman–Crippen LogP) is 3.89. The van der Waals surface area contributed by atoms with E-state index in [0.29, 0.717) is 17.9 Å². The second-order valence-corrected chi connectivity index (χ2v) is 6.99. The number of Topliss-reactive ketones (excluding diaryl/α,β-unsaturated/α-hetero) is 1. The molecule has 1 saturated carbocycles. The number of anilines is 1. The first-order valence-corrected chi connectivity index (χ1v) is 9.17. The maximum atomic E-state index is 13.0. The topological polar surface area (TPSA) is 84.8 Å². The van der Waals surface area contributed by atoms with Gasteiger partial charge in [0.2, 0.25) is 5.91 Å². The van der Waals surface area contributed by atoms with Gasteiger partial charge in [-0.2, -0.15) is 0 Å². The third-order valence-corrected chi connectivity index (χ3v) is 4.90. The average Bonchev–Trinajstić information content (AvgIpc) is 3.43. The molecule has 0 unspecified atom stereocenters. The van der Waals surface area contributed by atoms with Gasteiger partial charge in [-0.1, -0.05) is 6.92 Å². The first-order valence-electron chi connectivity index (χ1n) is 9.17. The summed E-state index contributed by atoms with van der Waals surface area (Å²) in [5, 5.41) is 4.31. The van der Waals surface area contributed by atoms with Crippen LogP contribution in [0.2, 0.25) is 0 Å². The molecule has 3 aromatic heterocycles. The Labute approximate surface area is 161 Å². The van der Waals surface area contributed by atoms with Crippen LogP contribution in [0, 0.1) is 12.8 Å². The number of nitrogens with zero attached hydrogens (tertiary/aromatic N) is 3. The van der Waals surface area contributed by atoms with E-state index in [4.69, 9.17) is 0 Å². The van der Waals surface area contributed by atoms with Crippen molar-refractivity contribution in [3.63, 3.8) is 0 Å². The first-order chi connectivity index (χ1) is 13.5. The highest BCUT2D eigenvalue weighted by molar-refractivity contribution is 5.96. The lowest BCUT2D eigenvalue weighted by Crippen LogP contribution is -2.15. The first kappa shape index (κ1) is 18.2. The highest BCUT2D eigenvalue weighted by Gasteiger charge is 2.43. The van der Waals surface area contributed by atoms with Crippen molar-refractivity contribution < 1.29 is 14.0 Å². The minimum absolute atomic E-state index is 0.00479. The van der Waals surface area contributed by atoms with E-state index in [-0.39, 0.29) is 18.1 Å². The van der Waals surface area contributed by atoms with Crippen LogP contribution in [0.1, 0.15) is 35.8 Å². The highest BCUT2D eigenvalue weighted by Crippen LogP contribution is 2.34. The van der Waals surface area contributed by atoms with Crippen molar-refractivity contribution in [1.29, 1.82) is 0 Å². The van der Waals surface area contributed by atoms with Crippen molar-refractivity contribution in [3.8, 4) is 11.3 Å². The number of hydrogen-bond donors (Lipinski definition) is 1. The number of pyridine rings is 3. The van der Waals surface area contributed by atoms with Crippen LogP contribution in [-0.2, 0) is 4.79 Å². The van der Waals surface area contributed by atoms with Crippen LogP contribution in [0.3, 0.4) is 0 Å². The number of carbonyl (C=O) groups is 2. The summed E-state index contributed by atoms with van der Waals surface area (Å²) in [4.78, 5) is 36.7. The maximum Gasteiger partial charge on any atom is 0.231 e. The number of nitrogens with one attached hydrogen (secondary N) is 1. The number of ketones is 1. The van der Waals surface area contributed by atoms with Gasteiger partial charge in [-0.25, -0.2) is 9.37 Å². The Kier molecular flexibility index (Phi) is 4.58. The zero-order chi connectivity index (χ0) is 19.8. The van der Waals surface area contributed by atoms with E-state index in [1.807, 2.05) is 19.9 Å². The summed E-state index contributed by atoms with van der Waals surface area (Å²) in [6.45, 7) is 3.73. The van der Waals surface area contributed by atoms with Gasteiger partial charge in [0.15, 0.2) is 5.78 Å². The predicted molar refractivity (Wildman–Crippen MR) is 104 cm³/mol. The van der Waals surface area contributed by atoms with E-state index in [2.05, 4.69) is 20.3 Å². The van der Waals surface area contributed by atoms with Gasteiger partial charge in [0, 0.05) is 41.3 Å². The Hall–Kier alpha value is -3.22. The number of rotatable bonds is 5. The lowest BCUT2D eigenvalue weighted by atomic mass is 10.0. The molecule has 1 aliphatic rings. The van der Waals surface area contributed by atoms with Crippen LogP contribution in [0.5, 0.6) is 0 Å². The number of amides is 1. The number of halogens is 1. The molecule has 3 aromatic rings.